The normalized spacial score (nSPS) is 12.9. The molecule has 0 aliphatic carbocycles. The summed E-state index contributed by atoms with van der Waals surface area (Å²) in [4.78, 5) is 2.24. The topological polar surface area (TPSA) is 47.1 Å². The van der Waals surface area contributed by atoms with E-state index in [2.05, 4.69) is 49.1 Å². The Morgan fingerprint density at radius 1 is 1.35 bits per heavy atom. The number of likely N-dealkylation sites (N-methyl/N-ethyl adjacent to an activating group) is 1. The maximum atomic E-state index is 6.36. The van der Waals surface area contributed by atoms with Crippen LogP contribution in [0.5, 0.6) is 0 Å². The van der Waals surface area contributed by atoms with Gasteiger partial charge in [0.2, 0.25) is 0 Å². The summed E-state index contributed by atoms with van der Waals surface area (Å²) in [5.41, 5.74) is 11.3. The number of hydrogen-bond acceptors (Lipinski definition) is 3. The van der Waals surface area contributed by atoms with Crippen molar-refractivity contribution in [3.8, 4) is 0 Å². The predicted molar refractivity (Wildman–Crippen MR) is 82.4 cm³/mol. The zero-order valence-electron chi connectivity index (χ0n) is 12.8. The van der Waals surface area contributed by atoms with Gasteiger partial charge in [0.15, 0.2) is 0 Å². The number of aromatic nitrogens is 2. The second-order valence-corrected chi connectivity index (χ2v) is 5.69. The molecule has 0 fully saturated rings. The molecule has 1 heterocycles. The van der Waals surface area contributed by atoms with Gasteiger partial charge in [-0.05, 0) is 32.0 Å². The summed E-state index contributed by atoms with van der Waals surface area (Å²) < 4.78 is 1.83. The van der Waals surface area contributed by atoms with E-state index in [4.69, 9.17) is 5.73 Å². The molecule has 1 aromatic heterocycles. The van der Waals surface area contributed by atoms with Crippen LogP contribution in [-0.4, -0.2) is 28.3 Å². The molecule has 0 spiro atoms. The molecule has 0 aliphatic heterocycles. The highest BCUT2D eigenvalue weighted by atomic mass is 15.2. The standard InChI is InChI=1S/C16H24N4/c1-12-5-6-13(2)15(7-12)16(17)11-19(3)9-14-8-18-20(4)10-14/h5-8,10,16H,9,11,17H2,1-4H3. The van der Waals surface area contributed by atoms with Crippen LogP contribution in [-0.2, 0) is 13.6 Å². The van der Waals surface area contributed by atoms with Gasteiger partial charge in [-0.25, -0.2) is 0 Å². The summed E-state index contributed by atoms with van der Waals surface area (Å²) in [6.45, 7) is 5.93. The van der Waals surface area contributed by atoms with Gasteiger partial charge in [0.05, 0.1) is 6.20 Å². The number of nitrogens with zero attached hydrogens (tertiary/aromatic N) is 3. The fraction of sp³-hybridized carbons (Fsp3) is 0.438. The van der Waals surface area contributed by atoms with Gasteiger partial charge < -0.3 is 10.6 Å². The summed E-state index contributed by atoms with van der Waals surface area (Å²) in [6.07, 6.45) is 3.94. The molecule has 2 aromatic rings. The highest BCUT2D eigenvalue weighted by molar-refractivity contribution is 5.33. The smallest absolute Gasteiger partial charge is 0.0534 e. The average molecular weight is 272 g/mol. The second kappa shape index (κ2) is 6.20. The van der Waals surface area contributed by atoms with E-state index in [0.717, 1.165) is 13.1 Å². The Kier molecular flexibility index (Phi) is 4.57. The van der Waals surface area contributed by atoms with Crippen LogP contribution in [0.2, 0.25) is 0 Å². The summed E-state index contributed by atoms with van der Waals surface area (Å²) in [6, 6.07) is 6.51. The van der Waals surface area contributed by atoms with Crippen molar-refractivity contribution in [1.82, 2.24) is 14.7 Å². The first-order valence-corrected chi connectivity index (χ1v) is 6.94. The van der Waals surface area contributed by atoms with Crippen molar-refractivity contribution in [2.24, 2.45) is 12.8 Å². The predicted octanol–water partition coefficient (Wildman–Crippen LogP) is 2.17. The second-order valence-electron chi connectivity index (χ2n) is 5.69. The van der Waals surface area contributed by atoms with Crippen LogP contribution in [0.25, 0.3) is 0 Å². The van der Waals surface area contributed by atoms with E-state index in [1.165, 1.54) is 22.3 Å². The molecular formula is C16H24N4. The number of hydrogen-bond donors (Lipinski definition) is 1. The minimum atomic E-state index is 0.0385. The molecule has 108 valence electrons. The lowest BCUT2D eigenvalue weighted by molar-refractivity contribution is 0.305. The first kappa shape index (κ1) is 14.8. The molecule has 1 atom stereocenters. The van der Waals surface area contributed by atoms with E-state index in [0.29, 0.717) is 0 Å². The lowest BCUT2D eigenvalue weighted by Crippen LogP contribution is -2.29. The Morgan fingerprint density at radius 3 is 2.75 bits per heavy atom. The number of nitrogens with two attached hydrogens (primary N) is 1. The molecule has 20 heavy (non-hydrogen) atoms. The van der Waals surface area contributed by atoms with Crippen LogP contribution in [0.3, 0.4) is 0 Å². The third-order valence-corrected chi connectivity index (χ3v) is 3.55. The van der Waals surface area contributed by atoms with Gasteiger partial charge in [0.1, 0.15) is 0 Å². The van der Waals surface area contributed by atoms with E-state index in [1.54, 1.807) is 0 Å². The fourth-order valence-electron chi connectivity index (χ4n) is 2.52. The van der Waals surface area contributed by atoms with Gasteiger partial charge in [0, 0.05) is 37.9 Å². The zero-order chi connectivity index (χ0) is 14.7. The number of aryl methyl sites for hydroxylation is 3. The molecule has 0 bridgehead atoms. The molecule has 0 radical (unpaired) electrons. The van der Waals surface area contributed by atoms with Crippen molar-refractivity contribution in [3.05, 3.63) is 52.8 Å². The van der Waals surface area contributed by atoms with Crippen LogP contribution in [0.15, 0.2) is 30.6 Å². The number of benzene rings is 1. The molecule has 0 amide bonds. The molecule has 0 aliphatic rings. The van der Waals surface area contributed by atoms with Crippen LogP contribution in [0.4, 0.5) is 0 Å². The summed E-state index contributed by atoms with van der Waals surface area (Å²) in [5, 5.41) is 4.19. The van der Waals surface area contributed by atoms with E-state index >= 15 is 0 Å². The van der Waals surface area contributed by atoms with Gasteiger partial charge in [-0.15, -0.1) is 0 Å². The Balaban J connectivity index is 1.99. The lowest BCUT2D eigenvalue weighted by atomic mass is 9.99. The van der Waals surface area contributed by atoms with Gasteiger partial charge in [-0.3, -0.25) is 4.68 Å². The molecule has 1 aromatic carbocycles. The van der Waals surface area contributed by atoms with Crippen LogP contribution >= 0.6 is 0 Å². The Morgan fingerprint density at radius 2 is 2.10 bits per heavy atom. The Bertz CT molecular complexity index is 574. The Hall–Kier alpha value is -1.65. The summed E-state index contributed by atoms with van der Waals surface area (Å²) in [5.74, 6) is 0. The highest BCUT2D eigenvalue weighted by Crippen LogP contribution is 2.18. The molecule has 1 unspecified atom stereocenters. The SMILES string of the molecule is Cc1ccc(C)c(C(N)CN(C)Cc2cnn(C)c2)c1. The van der Waals surface area contributed by atoms with Crippen molar-refractivity contribution < 1.29 is 0 Å². The van der Waals surface area contributed by atoms with E-state index in [-0.39, 0.29) is 6.04 Å². The minimum absolute atomic E-state index is 0.0385. The van der Waals surface area contributed by atoms with Crippen molar-refractivity contribution in [3.63, 3.8) is 0 Å². The van der Waals surface area contributed by atoms with E-state index < -0.39 is 0 Å². The molecular weight excluding hydrogens is 248 g/mol. The van der Waals surface area contributed by atoms with Crippen molar-refractivity contribution in [2.45, 2.75) is 26.4 Å². The van der Waals surface area contributed by atoms with Gasteiger partial charge in [-0.2, -0.15) is 5.10 Å². The molecule has 0 saturated carbocycles. The van der Waals surface area contributed by atoms with Crippen LogP contribution in [0, 0.1) is 13.8 Å². The van der Waals surface area contributed by atoms with Crippen molar-refractivity contribution in [1.29, 1.82) is 0 Å². The quantitative estimate of drug-likeness (QED) is 0.907. The molecule has 4 nitrogen and oxygen atoms in total. The monoisotopic (exact) mass is 272 g/mol. The van der Waals surface area contributed by atoms with Crippen LogP contribution < -0.4 is 5.73 Å². The fourth-order valence-corrected chi connectivity index (χ4v) is 2.52. The first-order chi connectivity index (χ1) is 9.45. The maximum absolute atomic E-state index is 6.36. The maximum Gasteiger partial charge on any atom is 0.0534 e. The van der Waals surface area contributed by atoms with Gasteiger partial charge >= 0.3 is 0 Å². The first-order valence-electron chi connectivity index (χ1n) is 6.94. The Labute approximate surface area is 121 Å². The largest absolute Gasteiger partial charge is 0.323 e. The minimum Gasteiger partial charge on any atom is -0.323 e. The summed E-state index contributed by atoms with van der Waals surface area (Å²) >= 11 is 0. The molecule has 4 heteroatoms. The average Bonchev–Trinajstić information content (AvgIpc) is 2.77. The zero-order valence-corrected chi connectivity index (χ0v) is 12.8. The number of rotatable bonds is 5. The van der Waals surface area contributed by atoms with Crippen molar-refractivity contribution >= 4 is 0 Å². The van der Waals surface area contributed by atoms with E-state index in [9.17, 15) is 0 Å². The highest BCUT2D eigenvalue weighted by Gasteiger charge is 2.12. The van der Waals surface area contributed by atoms with Gasteiger partial charge in [0.25, 0.3) is 0 Å². The van der Waals surface area contributed by atoms with Crippen LogP contribution in [0.1, 0.15) is 28.3 Å². The third kappa shape index (κ3) is 3.68. The summed E-state index contributed by atoms with van der Waals surface area (Å²) in [7, 11) is 4.03. The van der Waals surface area contributed by atoms with E-state index in [1.807, 2.05) is 24.1 Å². The molecule has 2 N–H and O–H groups in total. The third-order valence-electron chi connectivity index (χ3n) is 3.55. The molecule has 0 saturated heterocycles. The van der Waals surface area contributed by atoms with Gasteiger partial charge in [-0.1, -0.05) is 23.8 Å². The molecule has 2 rings (SSSR count). The lowest BCUT2D eigenvalue weighted by Gasteiger charge is -2.22. The van der Waals surface area contributed by atoms with Crippen molar-refractivity contribution in [2.75, 3.05) is 13.6 Å².